The summed E-state index contributed by atoms with van der Waals surface area (Å²) >= 11 is 3.40. The van der Waals surface area contributed by atoms with Gasteiger partial charge in [-0.25, -0.2) is 0 Å². The zero-order valence-electron chi connectivity index (χ0n) is 12.0. The summed E-state index contributed by atoms with van der Waals surface area (Å²) in [5, 5.41) is 14.7. The number of thiophene rings is 1. The average molecular weight is 316 g/mol. The largest absolute Gasteiger partial charge is 0.388 e. The fourth-order valence-corrected chi connectivity index (χ4v) is 5.11. The first-order valence-electron chi connectivity index (χ1n) is 7.06. The third-order valence-corrected chi connectivity index (χ3v) is 6.28. The number of aliphatic hydroxyl groups excluding tert-OH is 1. The molecule has 0 saturated heterocycles. The van der Waals surface area contributed by atoms with E-state index >= 15 is 0 Å². The predicted octanol–water partition coefficient (Wildman–Crippen LogP) is 3.68. The van der Waals surface area contributed by atoms with E-state index in [-0.39, 0.29) is 0 Å². The molecule has 0 saturated carbocycles. The summed E-state index contributed by atoms with van der Waals surface area (Å²) in [5.74, 6) is 0. The molecule has 108 valence electrons. The molecule has 1 N–H and O–H groups in total. The molecule has 3 nitrogen and oxygen atoms in total. The van der Waals surface area contributed by atoms with E-state index in [4.69, 9.17) is 0 Å². The smallest absolute Gasteiger partial charge is 0.168 e. The number of rotatable bonds is 2. The van der Waals surface area contributed by atoms with E-state index in [1.807, 2.05) is 6.92 Å². The first-order valence-corrected chi connectivity index (χ1v) is 8.75. The molecule has 0 aliphatic carbocycles. The Labute approximate surface area is 132 Å². The van der Waals surface area contributed by atoms with Gasteiger partial charge in [0.1, 0.15) is 0 Å². The summed E-state index contributed by atoms with van der Waals surface area (Å²) in [4.78, 5) is 7.83. The van der Waals surface area contributed by atoms with E-state index in [2.05, 4.69) is 40.4 Å². The highest BCUT2D eigenvalue weighted by Gasteiger charge is 2.35. The number of nitrogens with zero attached hydrogens (tertiary/aromatic N) is 2. The highest BCUT2D eigenvalue weighted by atomic mass is 32.2. The van der Waals surface area contributed by atoms with Crippen molar-refractivity contribution in [3.8, 4) is 0 Å². The maximum atomic E-state index is 10.2. The molecule has 4 rings (SSSR count). The van der Waals surface area contributed by atoms with Gasteiger partial charge in [0.2, 0.25) is 0 Å². The van der Waals surface area contributed by atoms with Gasteiger partial charge in [-0.05, 0) is 30.9 Å². The normalized spacial score (nSPS) is 19.4. The average Bonchev–Trinajstić information content (AvgIpc) is 3.12. The summed E-state index contributed by atoms with van der Waals surface area (Å²) in [7, 11) is 0. The maximum Gasteiger partial charge on any atom is 0.168 e. The van der Waals surface area contributed by atoms with E-state index in [9.17, 15) is 5.11 Å². The second kappa shape index (κ2) is 4.87. The molecule has 1 aromatic carbocycles. The van der Waals surface area contributed by atoms with Gasteiger partial charge < -0.3 is 10.0 Å². The van der Waals surface area contributed by atoms with E-state index in [0.29, 0.717) is 0 Å². The number of aliphatic imine (C=N–C) groups is 1. The van der Waals surface area contributed by atoms with Gasteiger partial charge in [0.25, 0.3) is 0 Å². The number of aliphatic hydroxyl groups is 1. The highest BCUT2D eigenvalue weighted by molar-refractivity contribution is 8.17. The minimum atomic E-state index is -0.465. The van der Waals surface area contributed by atoms with Crippen molar-refractivity contribution >= 4 is 44.0 Å². The van der Waals surface area contributed by atoms with Crippen LogP contribution in [0.1, 0.15) is 18.1 Å². The van der Waals surface area contributed by atoms with Gasteiger partial charge in [-0.1, -0.05) is 23.9 Å². The maximum absolute atomic E-state index is 10.2. The number of aryl methyl sites for hydroxylation is 1. The molecule has 2 aromatic rings. The van der Waals surface area contributed by atoms with Gasteiger partial charge in [-0.3, -0.25) is 4.99 Å². The lowest BCUT2D eigenvalue weighted by Crippen LogP contribution is -2.20. The fraction of sp³-hybridized carbons (Fsp3) is 0.312. The Balaban J connectivity index is 1.99. The molecule has 2 aliphatic rings. The standard InChI is InChI=1S/C16H16N2OS2/c1-9-8-20-12-5-3-4-11(13(9)12)14-15(10(2)19)21-16-17-6-7-18(14)16/h3-5,8,10,19H,6-7H2,1-2H3. The van der Waals surface area contributed by atoms with Gasteiger partial charge in [0, 0.05) is 27.1 Å². The van der Waals surface area contributed by atoms with E-state index in [1.165, 1.54) is 21.2 Å². The first kappa shape index (κ1) is 13.4. The highest BCUT2D eigenvalue weighted by Crippen LogP contribution is 2.45. The van der Waals surface area contributed by atoms with Crippen molar-refractivity contribution in [3.05, 3.63) is 39.6 Å². The van der Waals surface area contributed by atoms with Crippen molar-refractivity contribution in [2.45, 2.75) is 20.0 Å². The van der Waals surface area contributed by atoms with Crippen LogP contribution in [-0.2, 0) is 0 Å². The van der Waals surface area contributed by atoms with Crippen LogP contribution in [-0.4, -0.2) is 34.4 Å². The van der Waals surface area contributed by atoms with E-state index < -0.39 is 6.10 Å². The predicted molar refractivity (Wildman–Crippen MR) is 91.8 cm³/mol. The Morgan fingerprint density at radius 3 is 3.05 bits per heavy atom. The lowest BCUT2D eigenvalue weighted by atomic mass is 10.0. The molecule has 21 heavy (non-hydrogen) atoms. The molecule has 1 atom stereocenters. The first-order chi connectivity index (χ1) is 10.2. The summed E-state index contributed by atoms with van der Waals surface area (Å²) in [6.45, 7) is 5.75. The third-order valence-electron chi connectivity index (χ3n) is 3.92. The Bertz CT molecular complexity index is 789. The van der Waals surface area contributed by atoms with Crippen LogP contribution >= 0.6 is 23.1 Å². The number of fused-ring (bicyclic) bond motifs is 2. The van der Waals surface area contributed by atoms with Crippen LogP contribution in [0, 0.1) is 6.92 Å². The molecule has 0 fully saturated rings. The SMILES string of the molecule is Cc1csc2cccc(C3=C(C(C)O)SC4=NCCN43)c12. The van der Waals surface area contributed by atoms with Gasteiger partial charge in [0.05, 0.1) is 18.3 Å². The zero-order valence-corrected chi connectivity index (χ0v) is 13.6. The van der Waals surface area contributed by atoms with Crippen molar-refractivity contribution in [2.24, 2.45) is 4.99 Å². The molecule has 5 heteroatoms. The molecule has 0 radical (unpaired) electrons. The van der Waals surface area contributed by atoms with Crippen LogP contribution in [0.5, 0.6) is 0 Å². The summed E-state index contributed by atoms with van der Waals surface area (Å²) in [5.41, 5.74) is 3.68. The number of amidine groups is 1. The van der Waals surface area contributed by atoms with Crippen molar-refractivity contribution in [1.82, 2.24) is 4.90 Å². The Kier molecular flexibility index (Phi) is 3.10. The second-order valence-electron chi connectivity index (χ2n) is 5.40. The molecule has 1 aromatic heterocycles. The lowest BCUT2D eigenvalue weighted by molar-refractivity contribution is 0.240. The number of hydrogen-bond acceptors (Lipinski definition) is 5. The fourth-order valence-electron chi connectivity index (χ4n) is 3.01. The minimum absolute atomic E-state index is 0.465. The molecule has 2 aliphatic heterocycles. The van der Waals surface area contributed by atoms with Crippen molar-refractivity contribution in [2.75, 3.05) is 13.1 Å². The van der Waals surface area contributed by atoms with Crippen LogP contribution in [0.3, 0.4) is 0 Å². The van der Waals surface area contributed by atoms with Gasteiger partial charge in [-0.2, -0.15) is 0 Å². The number of thioether (sulfide) groups is 1. The lowest BCUT2D eigenvalue weighted by Gasteiger charge is -2.19. The molecular formula is C16H16N2OS2. The van der Waals surface area contributed by atoms with E-state index in [1.54, 1.807) is 23.1 Å². The Morgan fingerprint density at radius 2 is 2.24 bits per heavy atom. The minimum Gasteiger partial charge on any atom is -0.388 e. The quantitative estimate of drug-likeness (QED) is 0.918. The van der Waals surface area contributed by atoms with Crippen molar-refractivity contribution in [3.63, 3.8) is 0 Å². The molecule has 1 unspecified atom stereocenters. The van der Waals surface area contributed by atoms with Gasteiger partial charge >= 0.3 is 0 Å². The molecule has 0 spiro atoms. The molecule has 0 amide bonds. The molecule has 3 heterocycles. The van der Waals surface area contributed by atoms with Gasteiger partial charge in [0.15, 0.2) is 5.17 Å². The Morgan fingerprint density at radius 1 is 1.38 bits per heavy atom. The van der Waals surface area contributed by atoms with Crippen LogP contribution in [0.25, 0.3) is 15.8 Å². The van der Waals surface area contributed by atoms with Crippen LogP contribution in [0.15, 0.2) is 33.5 Å². The third kappa shape index (κ3) is 1.95. The van der Waals surface area contributed by atoms with Crippen LogP contribution < -0.4 is 0 Å². The summed E-state index contributed by atoms with van der Waals surface area (Å²) in [6.07, 6.45) is -0.465. The molecule has 0 bridgehead atoms. The molecular weight excluding hydrogens is 300 g/mol. The van der Waals surface area contributed by atoms with Crippen LogP contribution in [0.4, 0.5) is 0 Å². The number of benzene rings is 1. The van der Waals surface area contributed by atoms with Gasteiger partial charge in [-0.15, -0.1) is 11.3 Å². The van der Waals surface area contributed by atoms with E-state index in [0.717, 1.165) is 28.9 Å². The monoisotopic (exact) mass is 316 g/mol. The summed E-state index contributed by atoms with van der Waals surface area (Å²) < 4.78 is 1.30. The second-order valence-corrected chi connectivity index (χ2v) is 7.32. The number of hydrogen-bond donors (Lipinski definition) is 1. The van der Waals surface area contributed by atoms with Crippen molar-refractivity contribution in [1.29, 1.82) is 0 Å². The zero-order chi connectivity index (χ0) is 14.6. The summed E-state index contributed by atoms with van der Waals surface area (Å²) in [6, 6.07) is 6.44. The van der Waals surface area contributed by atoms with Crippen LogP contribution in [0.2, 0.25) is 0 Å². The Hall–Kier alpha value is -1.30. The topological polar surface area (TPSA) is 35.8 Å². The van der Waals surface area contributed by atoms with Crippen molar-refractivity contribution < 1.29 is 5.11 Å².